The van der Waals surface area contributed by atoms with Crippen molar-refractivity contribution in [2.75, 3.05) is 6.61 Å². The van der Waals surface area contributed by atoms with E-state index >= 15 is 0 Å². The smallest absolute Gasteiger partial charge is 0.748 e. The van der Waals surface area contributed by atoms with Gasteiger partial charge in [-0.15, -0.1) is 0 Å². The van der Waals surface area contributed by atoms with Crippen LogP contribution >= 0.6 is 0 Å². The van der Waals surface area contributed by atoms with Gasteiger partial charge in [0.15, 0.2) is 0 Å². The van der Waals surface area contributed by atoms with E-state index in [1.54, 1.807) is 0 Å². The summed E-state index contributed by atoms with van der Waals surface area (Å²) in [5, 5.41) is 8.02. The molecule has 6 heteroatoms. The van der Waals surface area contributed by atoms with Crippen molar-refractivity contribution in [1.29, 1.82) is 0 Å². The van der Waals surface area contributed by atoms with E-state index in [1.807, 2.05) is 0 Å². The summed E-state index contributed by atoms with van der Waals surface area (Å²) in [6, 6.07) is 0. The summed E-state index contributed by atoms with van der Waals surface area (Å²) in [6.45, 7) is 2.38. The topological polar surface area (TPSA) is 77.4 Å². The minimum atomic E-state index is -4.18. The molecule has 0 saturated heterocycles. The molecule has 0 bridgehead atoms. The molecular formula is C21H43NaO4S. The maximum Gasteiger partial charge on any atom is 1.00 e. The molecular weight excluding hydrogens is 371 g/mol. The quantitative estimate of drug-likeness (QED) is 0.189. The predicted molar refractivity (Wildman–Crippen MR) is 109 cm³/mol. The van der Waals surface area contributed by atoms with E-state index in [-0.39, 0.29) is 36.2 Å². The van der Waals surface area contributed by atoms with Crippen LogP contribution in [0.25, 0.3) is 0 Å². The van der Waals surface area contributed by atoms with Crippen molar-refractivity contribution in [3.8, 4) is 0 Å². The van der Waals surface area contributed by atoms with Crippen molar-refractivity contribution in [3.05, 3.63) is 0 Å². The van der Waals surface area contributed by atoms with E-state index in [1.165, 1.54) is 64.2 Å². The molecule has 0 aliphatic rings. The van der Waals surface area contributed by atoms with Crippen molar-refractivity contribution in [1.82, 2.24) is 0 Å². The van der Waals surface area contributed by atoms with Gasteiger partial charge >= 0.3 is 29.6 Å². The van der Waals surface area contributed by atoms with Crippen molar-refractivity contribution in [3.63, 3.8) is 0 Å². The molecule has 0 aromatic carbocycles. The van der Waals surface area contributed by atoms with Gasteiger partial charge in [0.2, 0.25) is 0 Å². The van der Waals surface area contributed by atoms with Crippen LogP contribution in [-0.4, -0.2) is 29.9 Å². The molecule has 158 valence electrons. The molecule has 0 aliphatic heterocycles. The molecule has 1 unspecified atom stereocenters. The number of aliphatic hydroxyl groups excluding tert-OH is 1. The summed E-state index contributed by atoms with van der Waals surface area (Å²) in [5.74, 6) is 0. The van der Waals surface area contributed by atoms with E-state index in [9.17, 15) is 13.0 Å². The first-order valence-corrected chi connectivity index (χ1v) is 12.5. The van der Waals surface area contributed by atoms with Crippen molar-refractivity contribution < 1.29 is 47.6 Å². The van der Waals surface area contributed by atoms with E-state index in [2.05, 4.69) is 6.92 Å². The normalized spacial score (nSPS) is 12.7. The summed E-state index contributed by atoms with van der Waals surface area (Å²) in [4.78, 5) is 0. The van der Waals surface area contributed by atoms with Crippen molar-refractivity contribution >= 4 is 10.1 Å². The van der Waals surface area contributed by atoms with Crippen molar-refractivity contribution in [2.45, 2.75) is 128 Å². The summed E-state index contributed by atoms with van der Waals surface area (Å²) >= 11 is 0. The van der Waals surface area contributed by atoms with Crippen LogP contribution in [0.15, 0.2) is 0 Å². The second-order valence-corrected chi connectivity index (χ2v) is 9.37. The van der Waals surface area contributed by atoms with Gasteiger partial charge in [0, 0.05) is 11.9 Å². The van der Waals surface area contributed by atoms with E-state index in [4.69, 9.17) is 5.11 Å². The summed E-state index contributed by atoms with van der Waals surface area (Å²) < 4.78 is 34.0. The van der Waals surface area contributed by atoms with E-state index in [0.717, 1.165) is 25.7 Å². The zero-order chi connectivity index (χ0) is 19.5. The molecule has 0 amide bonds. The summed E-state index contributed by atoms with van der Waals surface area (Å²) in [7, 11) is -4.18. The third-order valence-electron chi connectivity index (χ3n) is 5.22. The largest absolute Gasteiger partial charge is 1.00 e. The Balaban J connectivity index is 0. The zero-order valence-corrected chi connectivity index (χ0v) is 20.9. The fourth-order valence-corrected chi connectivity index (χ4v) is 4.39. The number of hydrogen-bond donors (Lipinski definition) is 1. The van der Waals surface area contributed by atoms with Gasteiger partial charge in [-0.1, -0.05) is 103 Å². The van der Waals surface area contributed by atoms with Crippen LogP contribution in [0.4, 0.5) is 0 Å². The Bertz CT molecular complexity index is 388. The Morgan fingerprint density at radius 1 is 0.667 bits per heavy atom. The Morgan fingerprint density at radius 3 is 1.33 bits per heavy atom. The molecule has 1 atom stereocenters. The second-order valence-electron chi connectivity index (χ2n) is 7.72. The molecule has 0 aliphatic carbocycles. The zero-order valence-electron chi connectivity index (χ0n) is 18.1. The van der Waals surface area contributed by atoms with Gasteiger partial charge in [0.05, 0.1) is 10.1 Å². The van der Waals surface area contributed by atoms with E-state index < -0.39 is 15.4 Å². The third-order valence-corrected chi connectivity index (χ3v) is 6.51. The first-order chi connectivity index (χ1) is 12.5. The first-order valence-electron chi connectivity index (χ1n) is 11.1. The van der Waals surface area contributed by atoms with Crippen LogP contribution in [0.1, 0.15) is 122 Å². The average Bonchev–Trinajstić information content (AvgIpc) is 2.59. The Labute approximate surface area is 191 Å². The molecule has 27 heavy (non-hydrogen) atoms. The molecule has 0 spiro atoms. The molecule has 0 radical (unpaired) electrons. The van der Waals surface area contributed by atoms with Crippen LogP contribution in [0.2, 0.25) is 0 Å². The maximum atomic E-state index is 11.3. The molecule has 0 rings (SSSR count). The molecule has 0 saturated carbocycles. The monoisotopic (exact) mass is 414 g/mol. The molecule has 0 fully saturated rings. The number of hydrogen-bond acceptors (Lipinski definition) is 4. The fourth-order valence-electron chi connectivity index (χ4n) is 3.48. The van der Waals surface area contributed by atoms with Crippen LogP contribution in [0.5, 0.6) is 0 Å². The predicted octanol–water partition coefficient (Wildman–Crippen LogP) is 2.94. The van der Waals surface area contributed by atoms with Crippen LogP contribution in [0, 0.1) is 0 Å². The number of unbranched alkanes of at least 4 members (excludes halogenated alkanes) is 14. The fraction of sp³-hybridized carbons (Fsp3) is 1.00. The SMILES string of the molecule is CCCCCCCCCCCCCCCC(CCCCCO)S(=O)(=O)[O-].[Na+]. The van der Waals surface area contributed by atoms with Gasteiger partial charge in [-0.3, -0.25) is 0 Å². The number of aliphatic hydroxyl groups is 1. The van der Waals surface area contributed by atoms with Crippen molar-refractivity contribution in [2.24, 2.45) is 0 Å². The second kappa shape index (κ2) is 21.6. The molecule has 0 aromatic heterocycles. The van der Waals surface area contributed by atoms with Gasteiger partial charge in [-0.2, -0.15) is 0 Å². The molecule has 0 aromatic rings. The van der Waals surface area contributed by atoms with Crippen LogP contribution in [0.3, 0.4) is 0 Å². The van der Waals surface area contributed by atoms with Gasteiger partial charge in [-0.25, -0.2) is 8.42 Å². The Kier molecular flexibility index (Phi) is 24.0. The van der Waals surface area contributed by atoms with Gasteiger partial charge in [0.25, 0.3) is 0 Å². The molecule has 1 N–H and O–H groups in total. The minimum Gasteiger partial charge on any atom is -0.748 e. The molecule has 0 heterocycles. The Hall–Kier alpha value is 0.870. The molecule has 4 nitrogen and oxygen atoms in total. The van der Waals surface area contributed by atoms with Gasteiger partial charge in [0.1, 0.15) is 0 Å². The van der Waals surface area contributed by atoms with Gasteiger partial charge in [-0.05, 0) is 19.3 Å². The minimum absolute atomic E-state index is 0. The standard InChI is InChI=1S/C21H44O4S.Na/c1-2-3-4-5-6-7-8-9-10-11-12-13-15-18-21(26(23,24)25)19-16-14-17-20-22;/h21-22H,2-20H2,1H3,(H,23,24,25);/q;+1/p-1. The third kappa shape index (κ3) is 21.4. The summed E-state index contributed by atoms with van der Waals surface area (Å²) in [5.41, 5.74) is 0. The van der Waals surface area contributed by atoms with Gasteiger partial charge < -0.3 is 9.66 Å². The van der Waals surface area contributed by atoms with Crippen LogP contribution < -0.4 is 29.6 Å². The summed E-state index contributed by atoms with van der Waals surface area (Å²) in [6.07, 6.45) is 19.5. The van der Waals surface area contributed by atoms with Crippen LogP contribution in [-0.2, 0) is 10.1 Å². The average molecular weight is 415 g/mol. The van der Waals surface area contributed by atoms with E-state index in [0.29, 0.717) is 25.7 Å². The maximum absolute atomic E-state index is 11.3. The first kappa shape index (κ1) is 30.1. The number of rotatable bonds is 20. The Morgan fingerprint density at radius 2 is 1.00 bits per heavy atom.